The van der Waals surface area contributed by atoms with Crippen LogP contribution in [0.3, 0.4) is 0 Å². The largest absolute Gasteiger partial charge is 0.497 e. The van der Waals surface area contributed by atoms with E-state index in [9.17, 15) is 25.5 Å². The maximum Gasteiger partial charge on any atom is 0.125 e. The van der Waals surface area contributed by atoms with Gasteiger partial charge in [0.15, 0.2) is 0 Å². The zero-order chi connectivity index (χ0) is 28.4. The summed E-state index contributed by atoms with van der Waals surface area (Å²) in [6.45, 7) is 1.19. The van der Waals surface area contributed by atoms with E-state index in [2.05, 4.69) is 0 Å². The van der Waals surface area contributed by atoms with Crippen LogP contribution in [0.5, 0.6) is 23.0 Å². The molecule has 2 aromatic rings. The Morgan fingerprint density at radius 3 is 1.55 bits per heavy atom. The van der Waals surface area contributed by atoms with Gasteiger partial charge in [-0.25, -0.2) is 0 Å². The molecule has 0 saturated heterocycles. The highest BCUT2D eigenvalue weighted by molar-refractivity contribution is 5.42. The van der Waals surface area contributed by atoms with E-state index >= 15 is 0 Å². The summed E-state index contributed by atoms with van der Waals surface area (Å²) in [6.07, 6.45) is -7.37. The van der Waals surface area contributed by atoms with Crippen LogP contribution in [0, 0.1) is 11.8 Å². The molecule has 214 valence electrons. The number of methoxy groups -OCH3 is 4. The smallest absolute Gasteiger partial charge is 0.125 e. The number of aliphatic hydroxyl groups is 6. The average Bonchev–Trinajstić information content (AvgIpc) is 2.94. The van der Waals surface area contributed by atoms with Gasteiger partial charge < -0.3 is 49.6 Å². The van der Waals surface area contributed by atoms with Gasteiger partial charge in [-0.1, -0.05) is 19.1 Å². The fourth-order valence-electron chi connectivity index (χ4n) is 4.66. The Kier molecular flexibility index (Phi) is 12.6. The number of ether oxygens (including phenoxy) is 4. The minimum atomic E-state index is -1.88. The third kappa shape index (κ3) is 8.20. The molecule has 3 unspecified atom stereocenters. The highest BCUT2D eigenvalue weighted by Gasteiger charge is 2.38. The Hall–Kier alpha value is -2.60. The van der Waals surface area contributed by atoms with Crippen LogP contribution in [0.15, 0.2) is 36.4 Å². The van der Waals surface area contributed by atoms with Crippen molar-refractivity contribution in [1.82, 2.24) is 0 Å². The Morgan fingerprint density at radius 2 is 1.11 bits per heavy atom. The van der Waals surface area contributed by atoms with E-state index < -0.39 is 43.0 Å². The van der Waals surface area contributed by atoms with Crippen LogP contribution in [0.4, 0.5) is 0 Å². The standard InChI is InChI=1S/C28H42O10/c1-16(10-17-6-8-20(35-2)13-23(17)37-4)11-19(12-18-7-9-21(36-3)14-24(18)38-5)25(31)27(33)28(34)26(32)22(30)15-29/h6-9,13-14,16,19,22,25-34H,10-12,15H2,1-5H3/t16?,19?,22-,25?,26+,27+,28-/m0/s1. The SMILES string of the molecule is COc1ccc(CC(C)CC(Cc2ccc(OC)cc2OC)C(O)[C@@H](O)[C@@H](O)[C@H](O)[C@@H](O)CO)c(OC)c1. The zero-order valence-corrected chi connectivity index (χ0v) is 22.7. The molecule has 10 nitrogen and oxygen atoms in total. The molecule has 0 radical (unpaired) electrons. The van der Waals surface area contributed by atoms with Crippen molar-refractivity contribution in [2.45, 2.75) is 56.7 Å². The first-order valence-electron chi connectivity index (χ1n) is 12.5. The Morgan fingerprint density at radius 1 is 0.632 bits per heavy atom. The molecule has 0 aromatic heterocycles. The number of benzene rings is 2. The molecule has 7 atom stereocenters. The van der Waals surface area contributed by atoms with Crippen molar-refractivity contribution in [3.63, 3.8) is 0 Å². The maximum atomic E-state index is 11.2. The molecule has 0 aliphatic carbocycles. The lowest BCUT2D eigenvalue weighted by atomic mass is 9.80. The second-order valence-corrected chi connectivity index (χ2v) is 9.58. The van der Waals surface area contributed by atoms with Gasteiger partial charge in [0.25, 0.3) is 0 Å². The molecule has 0 aliphatic heterocycles. The lowest BCUT2D eigenvalue weighted by Crippen LogP contribution is -2.52. The molecule has 0 bridgehead atoms. The van der Waals surface area contributed by atoms with Gasteiger partial charge in [0, 0.05) is 12.1 Å². The zero-order valence-electron chi connectivity index (χ0n) is 22.7. The van der Waals surface area contributed by atoms with Crippen molar-refractivity contribution in [2.75, 3.05) is 35.0 Å². The fourth-order valence-corrected chi connectivity index (χ4v) is 4.66. The van der Waals surface area contributed by atoms with Gasteiger partial charge in [0.05, 0.1) is 41.2 Å². The van der Waals surface area contributed by atoms with Crippen molar-refractivity contribution in [2.24, 2.45) is 11.8 Å². The van der Waals surface area contributed by atoms with E-state index in [1.165, 1.54) is 7.11 Å². The molecule has 10 heteroatoms. The minimum Gasteiger partial charge on any atom is -0.497 e. The van der Waals surface area contributed by atoms with Gasteiger partial charge in [-0.3, -0.25) is 0 Å². The van der Waals surface area contributed by atoms with E-state index in [0.717, 1.165) is 11.1 Å². The predicted molar refractivity (Wildman–Crippen MR) is 141 cm³/mol. The van der Waals surface area contributed by atoms with Crippen molar-refractivity contribution in [3.05, 3.63) is 47.5 Å². The number of rotatable bonds is 16. The van der Waals surface area contributed by atoms with Crippen LogP contribution in [-0.2, 0) is 12.8 Å². The van der Waals surface area contributed by atoms with Crippen LogP contribution in [0.1, 0.15) is 24.5 Å². The monoisotopic (exact) mass is 538 g/mol. The van der Waals surface area contributed by atoms with Crippen LogP contribution in [-0.4, -0.2) is 96.2 Å². The molecular formula is C28H42O10. The van der Waals surface area contributed by atoms with Crippen molar-refractivity contribution >= 4 is 0 Å². The summed E-state index contributed by atoms with van der Waals surface area (Å²) >= 11 is 0. The molecule has 0 saturated carbocycles. The molecule has 0 fully saturated rings. The Labute approximate surface area is 224 Å². The van der Waals surface area contributed by atoms with E-state index in [0.29, 0.717) is 35.8 Å². The molecular weight excluding hydrogens is 496 g/mol. The van der Waals surface area contributed by atoms with Crippen molar-refractivity contribution in [1.29, 1.82) is 0 Å². The summed E-state index contributed by atoms with van der Waals surface area (Å²) in [7, 11) is 6.22. The lowest BCUT2D eigenvalue weighted by Gasteiger charge is -2.34. The highest BCUT2D eigenvalue weighted by Crippen LogP contribution is 2.33. The summed E-state index contributed by atoms with van der Waals surface area (Å²) < 4.78 is 21.6. The second kappa shape index (κ2) is 15.1. The summed E-state index contributed by atoms with van der Waals surface area (Å²) in [5.41, 5.74) is 1.70. The second-order valence-electron chi connectivity index (χ2n) is 9.58. The van der Waals surface area contributed by atoms with E-state index in [1.54, 1.807) is 39.5 Å². The van der Waals surface area contributed by atoms with Crippen molar-refractivity contribution < 1.29 is 49.6 Å². The molecule has 38 heavy (non-hydrogen) atoms. The number of hydrogen-bond donors (Lipinski definition) is 6. The van der Waals surface area contributed by atoms with Gasteiger partial charge >= 0.3 is 0 Å². The quantitative estimate of drug-likeness (QED) is 0.182. The topological polar surface area (TPSA) is 158 Å². The van der Waals surface area contributed by atoms with Gasteiger partial charge in [-0.2, -0.15) is 0 Å². The molecule has 0 aliphatic rings. The normalized spacial score (nSPS) is 17.0. The maximum absolute atomic E-state index is 11.2. The van der Waals surface area contributed by atoms with Crippen LogP contribution < -0.4 is 18.9 Å². The predicted octanol–water partition coefficient (Wildman–Crippen LogP) is 0.945. The average molecular weight is 539 g/mol. The molecule has 0 heterocycles. The lowest BCUT2D eigenvalue weighted by molar-refractivity contribution is -0.149. The molecule has 2 rings (SSSR count). The van der Waals surface area contributed by atoms with Gasteiger partial charge in [-0.15, -0.1) is 0 Å². The van der Waals surface area contributed by atoms with Gasteiger partial charge in [0.2, 0.25) is 0 Å². The summed E-state index contributed by atoms with van der Waals surface area (Å²) in [5, 5.41) is 61.3. The van der Waals surface area contributed by atoms with Gasteiger partial charge in [-0.05, 0) is 54.4 Å². The highest BCUT2D eigenvalue weighted by atomic mass is 16.5. The van der Waals surface area contributed by atoms with Crippen LogP contribution in [0.2, 0.25) is 0 Å². The van der Waals surface area contributed by atoms with E-state index in [4.69, 9.17) is 24.1 Å². The Bertz CT molecular complexity index is 984. The molecule has 6 N–H and O–H groups in total. The summed E-state index contributed by atoms with van der Waals surface area (Å²) in [5.74, 6) is 1.88. The number of aliphatic hydroxyl groups excluding tert-OH is 6. The first kappa shape index (κ1) is 31.6. The van der Waals surface area contributed by atoms with E-state index in [-0.39, 0.29) is 12.3 Å². The third-order valence-electron chi connectivity index (χ3n) is 6.86. The summed E-state index contributed by atoms with van der Waals surface area (Å²) in [4.78, 5) is 0. The van der Waals surface area contributed by atoms with E-state index in [1.807, 2.05) is 25.1 Å². The number of hydrogen-bond acceptors (Lipinski definition) is 10. The molecule has 0 spiro atoms. The third-order valence-corrected chi connectivity index (χ3v) is 6.86. The summed E-state index contributed by atoms with van der Waals surface area (Å²) in [6, 6.07) is 10.8. The minimum absolute atomic E-state index is 0.00140. The first-order chi connectivity index (χ1) is 18.1. The van der Waals surface area contributed by atoms with Crippen LogP contribution >= 0.6 is 0 Å². The Balaban J connectivity index is 2.33. The van der Waals surface area contributed by atoms with Gasteiger partial charge in [0.1, 0.15) is 47.4 Å². The molecule has 0 amide bonds. The molecule has 2 aromatic carbocycles. The van der Waals surface area contributed by atoms with Crippen molar-refractivity contribution in [3.8, 4) is 23.0 Å². The first-order valence-corrected chi connectivity index (χ1v) is 12.5. The fraction of sp³-hybridized carbons (Fsp3) is 0.571. The van der Waals surface area contributed by atoms with Crippen LogP contribution in [0.25, 0.3) is 0 Å².